The van der Waals surface area contributed by atoms with Gasteiger partial charge in [-0.2, -0.15) is 0 Å². The van der Waals surface area contributed by atoms with Crippen LogP contribution in [0.1, 0.15) is 28.9 Å². The highest BCUT2D eigenvalue weighted by Crippen LogP contribution is 2.25. The molecule has 0 aliphatic carbocycles. The van der Waals surface area contributed by atoms with E-state index in [0.29, 0.717) is 36.1 Å². The number of aryl methyl sites for hydroxylation is 1. The SMILES string of the molecule is COc1cc(OC)cc(C(=O)N2CCCC(COc3cccc(C)n3)C2)c1. The van der Waals surface area contributed by atoms with Crippen molar-refractivity contribution < 1.29 is 19.0 Å². The van der Waals surface area contributed by atoms with Crippen LogP contribution in [-0.4, -0.2) is 49.7 Å². The first-order chi connectivity index (χ1) is 13.1. The van der Waals surface area contributed by atoms with Gasteiger partial charge in [-0.3, -0.25) is 4.79 Å². The number of piperidine rings is 1. The van der Waals surface area contributed by atoms with Crippen LogP contribution in [0.2, 0.25) is 0 Å². The second-order valence-corrected chi connectivity index (χ2v) is 6.79. The lowest BCUT2D eigenvalue weighted by Gasteiger charge is -2.32. The molecule has 1 amide bonds. The number of aromatic nitrogens is 1. The van der Waals surface area contributed by atoms with E-state index in [1.54, 1.807) is 32.4 Å². The molecule has 1 fully saturated rings. The summed E-state index contributed by atoms with van der Waals surface area (Å²) in [5, 5.41) is 0. The zero-order chi connectivity index (χ0) is 19.2. The predicted octanol–water partition coefficient (Wildman–Crippen LogP) is 3.34. The van der Waals surface area contributed by atoms with Crippen molar-refractivity contribution in [1.82, 2.24) is 9.88 Å². The second kappa shape index (κ2) is 8.75. The van der Waals surface area contributed by atoms with E-state index in [1.165, 1.54) is 0 Å². The van der Waals surface area contributed by atoms with Crippen LogP contribution in [0.5, 0.6) is 17.4 Å². The van der Waals surface area contributed by atoms with Crippen molar-refractivity contribution in [3.8, 4) is 17.4 Å². The number of hydrogen-bond donors (Lipinski definition) is 0. The van der Waals surface area contributed by atoms with E-state index in [2.05, 4.69) is 4.98 Å². The highest BCUT2D eigenvalue weighted by Gasteiger charge is 2.25. The molecule has 1 aliphatic rings. The van der Waals surface area contributed by atoms with Gasteiger partial charge < -0.3 is 19.1 Å². The minimum Gasteiger partial charge on any atom is -0.497 e. The maximum atomic E-state index is 13.0. The summed E-state index contributed by atoms with van der Waals surface area (Å²) in [5.74, 6) is 2.14. The van der Waals surface area contributed by atoms with Gasteiger partial charge in [0, 0.05) is 42.4 Å². The monoisotopic (exact) mass is 370 g/mol. The summed E-state index contributed by atoms with van der Waals surface area (Å²) in [6.07, 6.45) is 2.00. The zero-order valence-corrected chi connectivity index (χ0v) is 16.1. The Morgan fingerprint density at radius 3 is 2.59 bits per heavy atom. The normalized spacial score (nSPS) is 16.7. The van der Waals surface area contributed by atoms with Crippen LogP contribution >= 0.6 is 0 Å². The van der Waals surface area contributed by atoms with Crippen molar-refractivity contribution in [3.05, 3.63) is 47.7 Å². The van der Waals surface area contributed by atoms with Gasteiger partial charge in [-0.1, -0.05) is 6.07 Å². The molecule has 1 aromatic carbocycles. The molecule has 3 rings (SSSR count). The summed E-state index contributed by atoms with van der Waals surface area (Å²) < 4.78 is 16.4. The molecule has 1 aliphatic heterocycles. The van der Waals surface area contributed by atoms with Gasteiger partial charge in [0.05, 0.1) is 20.8 Å². The second-order valence-electron chi connectivity index (χ2n) is 6.79. The van der Waals surface area contributed by atoms with E-state index in [4.69, 9.17) is 14.2 Å². The van der Waals surface area contributed by atoms with E-state index in [1.807, 2.05) is 30.0 Å². The Kier molecular flexibility index (Phi) is 6.16. The highest BCUT2D eigenvalue weighted by atomic mass is 16.5. The zero-order valence-electron chi connectivity index (χ0n) is 16.1. The first kappa shape index (κ1) is 19.0. The molecule has 1 unspecified atom stereocenters. The minimum atomic E-state index is -0.00872. The third-order valence-electron chi connectivity index (χ3n) is 4.73. The first-order valence-corrected chi connectivity index (χ1v) is 9.18. The van der Waals surface area contributed by atoms with Gasteiger partial charge in [-0.25, -0.2) is 4.98 Å². The Bertz CT molecular complexity index is 771. The topological polar surface area (TPSA) is 60.9 Å². The number of pyridine rings is 1. The lowest BCUT2D eigenvalue weighted by molar-refractivity contribution is 0.0630. The molecule has 1 aromatic heterocycles. The molecule has 0 spiro atoms. The van der Waals surface area contributed by atoms with Crippen LogP contribution in [0.4, 0.5) is 0 Å². The van der Waals surface area contributed by atoms with Crippen LogP contribution in [0.25, 0.3) is 0 Å². The Balaban J connectivity index is 1.64. The molecule has 0 radical (unpaired) electrons. The van der Waals surface area contributed by atoms with Crippen LogP contribution < -0.4 is 14.2 Å². The van der Waals surface area contributed by atoms with Crippen LogP contribution in [0.15, 0.2) is 36.4 Å². The summed E-state index contributed by atoms with van der Waals surface area (Å²) in [4.78, 5) is 19.2. The average molecular weight is 370 g/mol. The molecule has 2 aromatic rings. The molecule has 1 atom stereocenters. The number of amides is 1. The van der Waals surface area contributed by atoms with Gasteiger partial charge >= 0.3 is 0 Å². The largest absolute Gasteiger partial charge is 0.497 e. The van der Waals surface area contributed by atoms with Crippen molar-refractivity contribution in [2.75, 3.05) is 33.9 Å². The number of ether oxygens (including phenoxy) is 3. The number of rotatable bonds is 6. The standard InChI is InChI=1S/C21H26N2O4/c1-15-6-4-8-20(22-15)27-14-16-7-5-9-23(13-16)21(24)17-10-18(25-2)12-19(11-17)26-3/h4,6,8,10-12,16H,5,7,9,13-14H2,1-3H3. The van der Waals surface area contributed by atoms with Crippen molar-refractivity contribution >= 4 is 5.91 Å². The quantitative estimate of drug-likeness (QED) is 0.780. The van der Waals surface area contributed by atoms with Crippen LogP contribution in [0.3, 0.4) is 0 Å². The van der Waals surface area contributed by atoms with Gasteiger partial charge in [0.15, 0.2) is 0 Å². The molecule has 144 valence electrons. The smallest absolute Gasteiger partial charge is 0.254 e. The van der Waals surface area contributed by atoms with Gasteiger partial charge in [0.2, 0.25) is 5.88 Å². The fourth-order valence-corrected chi connectivity index (χ4v) is 3.30. The maximum absolute atomic E-state index is 13.0. The number of hydrogen-bond acceptors (Lipinski definition) is 5. The summed E-state index contributed by atoms with van der Waals surface area (Å²) in [6.45, 7) is 3.92. The van der Waals surface area contributed by atoms with E-state index in [0.717, 1.165) is 25.1 Å². The Labute approximate surface area is 160 Å². The molecule has 1 saturated heterocycles. The van der Waals surface area contributed by atoms with Crippen LogP contribution in [-0.2, 0) is 0 Å². The molecular weight excluding hydrogens is 344 g/mol. The van der Waals surface area contributed by atoms with E-state index in [9.17, 15) is 4.79 Å². The van der Waals surface area contributed by atoms with Gasteiger partial charge in [0.1, 0.15) is 11.5 Å². The molecule has 0 saturated carbocycles. The van der Waals surface area contributed by atoms with E-state index in [-0.39, 0.29) is 11.8 Å². The molecule has 2 heterocycles. The predicted molar refractivity (Wildman–Crippen MR) is 103 cm³/mol. The van der Waals surface area contributed by atoms with Crippen molar-refractivity contribution in [1.29, 1.82) is 0 Å². The average Bonchev–Trinajstić information content (AvgIpc) is 2.71. The van der Waals surface area contributed by atoms with Crippen LogP contribution in [0, 0.1) is 12.8 Å². The number of carbonyl (C=O) groups excluding carboxylic acids is 1. The molecule has 0 bridgehead atoms. The number of nitrogens with zero attached hydrogens (tertiary/aromatic N) is 2. The molecule has 27 heavy (non-hydrogen) atoms. The highest BCUT2D eigenvalue weighted by molar-refractivity contribution is 5.95. The molecule has 0 N–H and O–H groups in total. The lowest BCUT2D eigenvalue weighted by Crippen LogP contribution is -2.41. The van der Waals surface area contributed by atoms with Crippen molar-refractivity contribution in [3.63, 3.8) is 0 Å². The van der Waals surface area contributed by atoms with E-state index < -0.39 is 0 Å². The number of methoxy groups -OCH3 is 2. The first-order valence-electron chi connectivity index (χ1n) is 9.18. The third-order valence-corrected chi connectivity index (χ3v) is 4.73. The van der Waals surface area contributed by atoms with Crippen molar-refractivity contribution in [2.45, 2.75) is 19.8 Å². The summed E-state index contributed by atoms with van der Waals surface area (Å²) >= 11 is 0. The Morgan fingerprint density at radius 2 is 1.93 bits per heavy atom. The molecule has 6 heteroatoms. The van der Waals surface area contributed by atoms with Gasteiger partial charge in [-0.15, -0.1) is 0 Å². The summed E-state index contributed by atoms with van der Waals surface area (Å²) in [7, 11) is 3.16. The number of carbonyl (C=O) groups is 1. The maximum Gasteiger partial charge on any atom is 0.254 e. The molecular formula is C21H26N2O4. The number of benzene rings is 1. The number of likely N-dealkylation sites (tertiary alicyclic amines) is 1. The summed E-state index contributed by atoms with van der Waals surface area (Å²) in [6, 6.07) is 11.0. The lowest BCUT2D eigenvalue weighted by atomic mass is 9.98. The van der Waals surface area contributed by atoms with Gasteiger partial charge in [0.25, 0.3) is 5.91 Å². The van der Waals surface area contributed by atoms with E-state index >= 15 is 0 Å². The van der Waals surface area contributed by atoms with Gasteiger partial charge in [-0.05, 0) is 38.0 Å². The summed E-state index contributed by atoms with van der Waals surface area (Å²) in [5.41, 5.74) is 1.51. The third kappa shape index (κ3) is 4.90. The van der Waals surface area contributed by atoms with Crippen molar-refractivity contribution in [2.24, 2.45) is 5.92 Å². The Morgan fingerprint density at radius 1 is 1.19 bits per heavy atom. The fourth-order valence-electron chi connectivity index (χ4n) is 3.30. The Hall–Kier alpha value is -2.76. The molecule has 6 nitrogen and oxygen atoms in total. The fraction of sp³-hybridized carbons (Fsp3) is 0.429. The minimum absolute atomic E-state index is 0.00872.